The Kier molecular flexibility index (Phi) is 4.50. The van der Waals surface area contributed by atoms with Gasteiger partial charge in [0.05, 0.1) is 11.1 Å². The molecule has 3 aromatic carbocycles. The molecule has 25 heavy (non-hydrogen) atoms. The fourth-order valence-corrected chi connectivity index (χ4v) is 2.59. The Bertz CT molecular complexity index is 1010. The Labute approximate surface area is 147 Å². The average Bonchev–Trinajstić information content (AvgIpc) is 2.64. The molecule has 3 rings (SSSR count). The molecule has 0 atom stereocenters. The molecule has 0 aliphatic rings. The molecule has 3 aromatic rings. The van der Waals surface area contributed by atoms with Gasteiger partial charge < -0.3 is 4.74 Å². The number of nitriles is 2. The summed E-state index contributed by atoms with van der Waals surface area (Å²) in [6, 6.07) is 23.3. The van der Waals surface area contributed by atoms with E-state index in [1.807, 2.05) is 31.2 Å². The minimum atomic E-state index is 0.314. The molecule has 0 aliphatic carbocycles. The van der Waals surface area contributed by atoms with E-state index in [4.69, 9.17) is 15.3 Å². The van der Waals surface area contributed by atoms with Gasteiger partial charge in [0.25, 0.3) is 0 Å². The summed E-state index contributed by atoms with van der Waals surface area (Å²) in [7, 11) is 0. The first-order valence-electron chi connectivity index (χ1n) is 7.90. The Morgan fingerprint density at radius 3 is 2.04 bits per heavy atom. The molecular weight excluding hydrogens is 308 g/mol. The van der Waals surface area contributed by atoms with Gasteiger partial charge in [-0.15, -0.1) is 0 Å². The van der Waals surface area contributed by atoms with Crippen molar-refractivity contribution in [1.82, 2.24) is 0 Å². The minimum Gasteiger partial charge on any atom is -0.457 e. The number of ether oxygens (including phenoxy) is 1. The van der Waals surface area contributed by atoms with Crippen LogP contribution in [0.1, 0.15) is 22.3 Å². The highest BCUT2D eigenvalue weighted by Gasteiger charge is 2.07. The van der Waals surface area contributed by atoms with Gasteiger partial charge in [-0.2, -0.15) is 10.5 Å². The fraction of sp³-hybridized carbons (Fsp3) is 0.0909. The monoisotopic (exact) mass is 324 g/mol. The SMILES string of the molecule is Cc1ccc(-c2ccc(Oc3ccc(C#N)c(C#N)c3)c(C)c2)cc1. The number of benzene rings is 3. The smallest absolute Gasteiger partial charge is 0.130 e. The van der Waals surface area contributed by atoms with Gasteiger partial charge in [0.15, 0.2) is 0 Å². The van der Waals surface area contributed by atoms with Crippen molar-refractivity contribution in [1.29, 1.82) is 10.5 Å². The normalized spacial score (nSPS) is 9.92. The first-order valence-corrected chi connectivity index (χ1v) is 7.90. The lowest BCUT2D eigenvalue weighted by molar-refractivity contribution is 0.479. The van der Waals surface area contributed by atoms with Crippen LogP contribution in [0.5, 0.6) is 11.5 Å². The molecule has 0 bridgehead atoms. The topological polar surface area (TPSA) is 56.8 Å². The lowest BCUT2D eigenvalue weighted by atomic mass is 10.0. The van der Waals surface area contributed by atoms with Gasteiger partial charge in [-0.3, -0.25) is 0 Å². The second-order valence-corrected chi connectivity index (χ2v) is 5.88. The average molecular weight is 324 g/mol. The van der Waals surface area contributed by atoms with Crippen molar-refractivity contribution in [2.24, 2.45) is 0 Å². The third-order valence-corrected chi connectivity index (χ3v) is 4.02. The lowest BCUT2D eigenvalue weighted by Crippen LogP contribution is -1.91. The molecule has 0 heterocycles. The molecule has 0 unspecified atom stereocenters. The van der Waals surface area contributed by atoms with E-state index in [2.05, 4.69) is 37.3 Å². The van der Waals surface area contributed by atoms with Gasteiger partial charge in [-0.05, 0) is 60.9 Å². The van der Waals surface area contributed by atoms with Crippen LogP contribution in [0.3, 0.4) is 0 Å². The molecule has 0 N–H and O–H groups in total. The van der Waals surface area contributed by atoms with Crippen LogP contribution in [-0.2, 0) is 0 Å². The van der Waals surface area contributed by atoms with Crippen LogP contribution in [0.25, 0.3) is 11.1 Å². The van der Waals surface area contributed by atoms with Crippen LogP contribution in [0.2, 0.25) is 0 Å². The van der Waals surface area contributed by atoms with Crippen LogP contribution in [0, 0.1) is 36.5 Å². The van der Waals surface area contributed by atoms with E-state index in [0.717, 1.165) is 22.4 Å². The first-order chi connectivity index (χ1) is 12.1. The van der Waals surface area contributed by atoms with E-state index >= 15 is 0 Å². The highest BCUT2D eigenvalue weighted by molar-refractivity contribution is 5.66. The Morgan fingerprint density at radius 2 is 1.40 bits per heavy atom. The van der Waals surface area contributed by atoms with Gasteiger partial charge in [-0.25, -0.2) is 0 Å². The molecule has 0 amide bonds. The van der Waals surface area contributed by atoms with E-state index in [0.29, 0.717) is 16.9 Å². The maximum absolute atomic E-state index is 9.12. The lowest BCUT2D eigenvalue weighted by Gasteiger charge is -2.11. The molecule has 0 radical (unpaired) electrons. The first kappa shape index (κ1) is 16.3. The molecule has 0 saturated heterocycles. The maximum Gasteiger partial charge on any atom is 0.130 e. The zero-order chi connectivity index (χ0) is 17.8. The Hall–Kier alpha value is -3.56. The minimum absolute atomic E-state index is 0.314. The Balaban J connectivity index is 1.88. The summed E-state index contributed by atoms with van der Waals surface area (Å²) in [5, 5.41) is 18.1. The predicted octanol–water partition coefficient (Wildman–Crippen LogP) is 5.51. The molecular formula is C22H16N2O. The van der Waals surface area contributed by atoms with Crippen LogP contribution >= 0.6 is 0 Å². The molecule has 0 fully saturated rings. The zero-order valence-corrected chi connectivity index (χ0v) is 14.1. The van der Waals surface area contributed by atoms with E-state index in [9.17, 15) is 0 Å². The van der Waals surface area contributed by atoms with E-state index in [1.54, 1.807) is 18.2 Å². The van der Waals surface area contributed by atoms with Crippen LogP contribution in [-0.4, -0.2) is 0 Å². The van der Waals surface area contributed by atoms with Crippen molar-refractivity contribution in [2.45, 2.75) is 13.8 Å². The summed E-state index contributed by atoms with van der Waals surface area (Å²) in [5.41, 5.74) is 5.18. The van der Waals surface area contributed by atoms with E-state index < -0.39 is 0 Å². The molecule has 120 valence electrons. The second-order valence-electron chi connectivity index (χ2n) is 5.88. The predicted molar refractivity (Wildman–Crippen MR) is 97.3 cm³/mol. The number of nitrogens with zero attached hydrogens (tertiary/aromatic N) is 2. The van der Waals surface area contributed by atoms with Crippen molar-refractivity contribution < 1.29 is 4.74 Å². The molecule has 3 heteroatoms. The van der Waals surface area contributed by atoms with Crippen LogP contribution < -0.4 is 4.74 Å². The van der Waals surface area contributed by atoms with Crippen molar-refractivity contribution in [3.8, 4) is 34.8 Å². The van der Waals surface area contributed by atoms with Gasteiger partial charge >= 0.3 is 0 Å². The molecule has 0 aliphatic heterocycles. The summed E-state index contributed by atoms with van der Waals surface area (Å²) >= 11 is 0. The van der Waals surface area contributed by atoms with Crippen LogP contribution in [0.15, 0.2) is 60.7 Å². The molecule has 0 saturated carbocycles. The summed E-state index contributed by atoms with van der Waals surface area (Å²) in [6.07, 6.45) is 0. The quantitative estimate of drug-likeness (QED) is 0.638. The van der Waals surface area contributed by atoms with Gasteiger partial charge in [0.2, 0.25) is 0 Å². The summed E-state index contributed by atoms with van der Waals surface area (Å²) in [6.45, 7) is 4.06. The number of hydrogen-bond donors (Lipinski definition) is 0. The third-order valence-electron chi connectivity index (χ3n) is 4.02. The summed E-state index contributed by atoms with van der Waals surface area (Å²) in [4.78, 5) is 0. The zero-order valence-electron chi connectivity index (χ0n) is 14.1. The summed E-state index contributed by atoms with van der Waals surface area (Å²) in [5.74, 6) is 1.27. The number of rotatable bonds is 3. The molecule has 0 aromatic heterocycles. The maximum atomic E-state index is 9.12. The van der Waals surface area contributed by atoms with Crippen LogP contribution in [0.4, 0.5) is 0 Å². The van der Waals surface area contributed by atoms with Crippen molar-refractivity contribution >= 4 is 0 Å². The highest BCUT2D eigenvalue weighted by Crippen LogP contribution is 2.30. The Morgan fingerprint density at radius 1 is 0.720 bits per heavy atom. The van der Waals surface area contributed by atoms with Crippen molar-refractivity contribution in [3.63, 3.8) is 0 Å². The van der Waals surface area contributed by atoms with Crippen molar-refractivity contribution in [2.75, 3.05) is 0 Å². The molecule has 0 spiro atoms. The molecule has 3 nitrogen and oxygen atoms in total. The van der Waals surface area contributed by atoms with E-state index in [1.165, 1.54) is 5.56 Å². The largest absolute Gasteiger partial charge is 0.457 e. The second kappa shape index (κ2) is 6.91. The highest BCUT2D eigenvalue weighted by atomic mass is 16.5. The van der Waals surface area contributed by atoms with Gasteiger partial charge in [-0.1, -0.05) is 35.9 Å². The van der Waals surface area contributed by atoms with E-state index in [-0.39, 0.29) is 0 Å². The third kappa shape index (κ3) is 3.52. The standard InChI is InChI=1S/C22H16N2O/c1-15-3-5-17(6-4-15)18-8-10-22(16(2)11-18)25-21-9-7-19(13-23)20(12-21)14-24/h3-12H,1-2H3. The fourth-order valence-electron chi connectivity index (χ4n) is 2.59. The van der Waals surface area contributed by atoms with Gasteiger partial charge in [0, 0.05) is 0 Å². The van der Waals surface area contributed by atoms with Gasteiger partial charge in [0.1, 0.15) is 23.6 Å². The summed E-state index contributed by atoms with van der Waals surface area (Å²) < 4.78 is 5.90. The number of hydrogen-bond acceptors (Lipinski definition) is 3. The van der Waals surface area contributed by atoms with Crippen molar-refractivity contribution in [3.05, 3.63) is 82.9 Å². The number of aryl methyl sites for hydroxylation is 2.